The molecule has 8 nitrogen and oxygen atoms in total. The molecule has 0 saturated carbocycles. The van der Waals surface area contributed by atoms with Gasteiger partial charge in [-0.15, -0.1) is 16.8 Å². The summed E-state index contributed by atoms with van der Waals surface area (Å²) in [4.78, 5) is 25.5. The number of methoxy groups -OCH3 is 1. The zero-order chi connectivity index (χ0) is 26.2. The number of halogens is 1. The first-order valence-electron chi connectivity index (χ1n) is 11.4. The van der Waals surface area contributed by atoms with E-state index in [9.17, 15) is 14.0 Å². The number of rotatable bonds is 11. The molecule has 0 radical (unpaired) electrons. The van der Waals surface area contributed by atoms with Crippen molar-refractivity contribution >= 4 is 29.3 Å². The quantitative estimate of drug-likeness (QED) is 0.284. The van der Waals surface area contributed by atoms with Gasteiger partial charge in [0.2, 0.25) is 5.91 Å². The first kappa shape index (κ1) is 26.9. The Morgan fingerprint density at radius 1 is 1.19 bits per heavy atom. The van der Waals surface area contributed by atoms with Gasteiger partial charge in [0, 0.05) is 17.8 Å². The van der Waals surface area contributed by atoms with Gasteiger partial charge in [0.05, 0.1) is 18.9 Å². The van der Waals surface area contributed by atoms with E-state index in [1.54, 1.807) is 50.4 Å². The van der Waals surface area contributed by atoms with Crippen LogP contribution < -0.4 is 15.4 Å². The number of aryl methyl sites for hydroxylation is 1. The van der Waals surface area contributed by atoms with Crippen LogP contribution in [0.1, 0.15) is 41.6 Å². The molecular weight excluding hydrogens is 481 g/mol. The topological polar surface area (TPSA) is 98.1 Å². The molecule has 0 fully saturated rings. The summed E-state index contributed by atoms with van der Waals surface area (Å²) in [5, 5.41) is 14.9. The Morgan fingerprint density at radius 2 is 1.92 bits per heavy atom. The predicted octanol–water partition coefficient (Wildman–Crippen LogP) is 4.78. The van der Waals surface area contributed by atoms with Crippen LogP contribution >= 0.6 is 11.8 Å². The van der Waals surface area contributed by atoms with E-state index in [0.717, 1.165) is 5.56 Å². The molecule has 0 unspecified atom stereocenters. The van der Waals surface area contributed by atoms with Crippen LogP contribution in [-0.2, 0) is 11.3 Å². The third kappa shape index (κ3) is 6.72. The lowest BCUT2D eigenvalue weighted by atomic mass is 10.0. The lowest BCUT2D eigenvalue weighted by molar-refractivity contribution is -0.113. The zero-order valence-electron chi connectivity index (χ0n) is 20.7. The number of amides is 2. The Hall–Kier alpha value is -3.66. The minimum Gasteiger partial charge on any atom is -0.497 e. The van der Waals surface area contributed by atoms with Crippen LogP contribution in [0.5, 0.6) is 5.75 Å². The number of ether oxygens (including phenoxy) is 1. The maximum absolute atomic E-state index is 13.5. The Morgan fingerprint density at radius 3 is 2.56 bits per heavy atom. The van der Waals surface area contributed by atoms with Gasteiger partial charge in [0.25, 0.3) is 5.91 Å². The first-order valence-corrected chi connectivity index (χ1v) is 12.4. The smallest absolute Gasteiger partial charge is 0.251 e. The Kier molecular flexibility index (Phi) is 9.24. The molecule has 0 aliphatic heterocycles. The van der Waals surface area contributed by atoms with E-state index in [4.69, 9.17) is 4.74 Å². The van der Waals surface area contributed by atoms with Crippen molar-refractivity contribution in [1.29, 1.82) is 0 Å². The molecule has 0 aliphatic carbocycles. The van der Waals surface area contributed by atoms with Crippen LogP contribution in [0.4, 0.5) is 10.1 Å². The highest BCUT2D eigenvalue weighted by molar-refractivity contribution is 7.99. The monoisotopic (exact) mass is 511 g/mol. The summed E-state index contributed by atoms with van der Waals surface area (Å²) in [6, 6.07) is 10.7. The maximum atomic E-state index is 13.5. The van der Waals surface area contributed by atoms with Gasteiger partial charge in [0.15, 0.2) is 11.0 Å². The summed E-state index contributed by atoms with van der Waals surface area (Å²) >= 11 is 1.20. The number of thioether (sulfide) groups is 1. The second-order valence-electron chi connectivity index (χ2n) is 8.46. The molecule has 1 atom stereocenters. The molecule has 190 valence electrons. The number of carbonyl (C=O) groups is 2. The average molecular weight is 512 g/mol. The SMILES string of the molecule is C=CCn1c(SCC(=O)Nc2cc(F)ccc2C)nnc1[C@@H](NC(=O)c1ccc(OC)cc1)C(C)C. The molecule has 36 heavy (non-hydrogen) atoms. The zero-order valence-corrected chi connectivity index (χ0v) is 21.6. The predicted molar refractivity (Wildman–Crippen MR) is 139 cm³/mol. The number of nitrogens with zero attached hydrogens (tertiary/aromatic N) is 3. The van der Waals surface area contributed by atoms with E-state index in [0.29, 0.717) is 34.5 Å². The van der Waals surface area contributed by atoms with E-state index in [-0.39, 0.29) is 23.5 Å². The molecular formula is C26H30FN5O3S. The molecule has 2 amide bonds. The van der Waals surface area contributed by atoms with Crippen LogP contribution in [0.3, 0.4) is 0 Å². The van der Waals surface area contributed by atoms with Gasteiger partial charge in [-0.3, -0.25) is 9.59 Å². The highest BCUT2D eigenvalue weighted by Crippen LogP contribution is 2.26. The van der Waals surface area contributed by atoms with Gasteiger partial charge in [-0.25, -0.2) is 4.39 Å². The summed E-state index contributed by atoms with van der Waals surface area (Å²) in [6.45, 7) is 9.97. The molecule has 0 saturated heterocycles. The minimum absolute atomic E-state index is 0.0112. The minimum atomic E-state index is -0.426. The van der Waals surface area contributed by atoms with Gasteiger partial charge >= 0.3 is 0 Å². The van der Waals surface area contributed by atoms with Crippen LogP contribution in [0.2, 0.25) is 0 Å². The number of allylic oxidation sites excluding steroid dienone is 1. The number of hydrogen-bond donors (Lipinski definition) is 2. The number of carbonyl (C=O) groups excluding carboxylic acids is 2. The van der Waals surface area contributed by atoms with Crippen molar-refractivity contribution in [3.8, 4) is 5.75 Å². The highest BCUT2D eigenvalue weighted by atomic mass is 32.2. The number of benzene rings is 2. The highest BCUT2D eigenvalue weighted by Gasteiger charge is 2.26. The fraction of sp³-hybridized carbons (Fsp3) is 0.308. The van der Waals surface area contributed by atoms with Crippen molar-refractivity contribution in [2.75, 3.05) is 18.2 Å². The Bertz CT molecular complexity index is 1230. The lowest BCUT2D eigenvalue weighted by Crippen LogP contribution is -2.33. The van der Waals surface area contributed by atoms with Gasteiger partial charge < -0.3 is 19.9 Å². The number of hydrogen-bond acceptors (Lipinski definition) is 6. The number of nitrogens with one attached hydrogen (secondary N) is 2. The summed E-state index contributed by atoms with van der Waals surface area (Å²) in [7, 11) is 1.57. The normalized spacial score (nSPS) is 11.7. The van der Waals surface area contributed by atoms with Crippen molar-refractivity contribution in [3.63, 3.8) is 0 Å². The van der Waals surface area contributed by atoms with Crippen molar-refractivity contribution in [2.24, 2.45) is 5.92 Å². The molecule has 0 aliphatic rings. The third-order valence-electron chi connectivity index (χ3n) is 5.45. The van der Waals surface area contributed by atoms with Crippen LogP contribution in [0, 0.1) is 18.7 Å². The third-order valence-corrected chi connectivity index (χ3v) is 6.41. The van der Waals surface area contributed by atoms with Crippen LogP contribution in [0.25, 0.3) is 0 Å². The van der Waals surface area contributed by atoms with E-state index in [1.165, 1.54) is 23.9 Å². The largest absolute Gasteiger partial charge is 0.497 e. The fourth-order valence-electron chi connectivity index (χ4n) is 3.48. The molecule has 3 aromatic rings. The van der Waals surface area contributed by atoms with Crippen molar-refractivity contribution < 1.29 is 18.7 Å². The first-order chi connectivity index (χ1) is 17.2. The molecule has 2 aromatic carbocycles. The molecule has 0 bridgehead atoms. The second-order valence-corrected chi connectivity index (χ2v) is 9.40. The van der Waals surface area contributed by atoms with Gasteiger partial charge in [-0.2, -0.15) is 0 Å². The molecule has 1 aromatic heterocycles. The summed E-state index contributed by atoms with van der Waals surface area (Å²) in [5.74, 6) is 0.328. The van der Waals surface area contributed by atoms with Crippen LogP contribution in [-0.4, -0.2) is 39.4 Å². The van der Waals surface area contributed by atoms with E-state index in [2.05, 4.69) is 27.4 Å². The summed E-state index contributed by atoms with van der Waals surface area (Å²) in [5.41, 5.74) is 1.68. The van der Waals surface area contributed by atoms with Crippen molar-refractivity contribution in [3.05, 3.63) is 77.9 Å². The van der Waals surface area contributed by atoms with E-state index < -0.39 is 11.9 Å². The summed E-state index contributed by atoms with van der Waals surface area (Å²) < 4.78 is 20.5. The molecule has 2 N–H and O–H groups in total. The molecule has 1 heterocycles. The van der Waals surface area contributed by atoms with Gasteiger partial charge in [-0.1, -0.05) is 37.8 Å². The summed E-state index contributed by atoms with van der Waals surface area (Å²) in [6.07, 6.45) is 1.70. The second kappa shape index (κ2) is 12.3. The van der Waals surface area contributed by atoms with E-state index in [1.807, 2.05) is 18.4 Å². The van der Waals surface area contributed by atoms with E-state index >= 15 is 0 Å². The fourth-order valence-corrected chi connectivity index (χ4v) is 4.23. The van der Waals surface area contributed by atoms with Crippen molar-refractivity contribution in [2.45, 2.75) is 38.5 Å². The maximum Gasteiger partial charge on any atom is 0.251 e. The molecule has 3 rings (SSSR count). The number of aromatic nitrogens is 3. The average Bonchev–Trinajstić information content (AvgIpc) is 3.25. The molecule has 10 heteroatoms. The van der Waals surface area contributed by atoms with Gasteiger partial charge in [0.1, 0.15) is 11.6 Å². The Labute approximate surface area is 214 Å². The van der Waals surface area contributed by atoms with Crippen molar-refractivity contribution in [1.82, 2.24) is 20.1 Å². The lowest BCUT2D eigenvalue weighted by Gasteiger charge is -2.22. The van der Waals surface area contributed by atoms with Gasteiger partial charge in [-0.05, 0) is 54.8 Å². The Balaban J connectivity index is 1.75. The number of anilines is 1. The van der Waals surface area contributed by atoms with Crippen LogP contribution in [0.15, 0.2) is 60.3 Å². The standard InChI is InChI=1S/C26H30FN5O3S/c1-6-13-32-24(23(16(2)3)29-25(34)18-8-11-20(35-5)12-9-18)30-31-26(32)36-15-22(33)28-21-14-19(27)10-7-17(21)4/h6-12,14,16,23H,1,13,15H2,2-5H3,(H,28,33)(H,29,34)/t23-/m0/s1. The molecule has 0 spiro atoms.